The van der Waals surface area contributed by atoms with Crippen molar-refractivity contribution < 1.29 is 9.90 Å². The number of H-pyrrole nitrogens is 1. The first-order valence-corrected chi connectivity index (χ1v) is 6.88. The molecule has 106 valence electrons. The Balaban J connectivity index is 2.57. The first-order chi connectivity index (χ1) is 9.34. The molecule has 20 heavy (non-hydrogen) atoms. The summed E-state index contributed by atoms with van der Waals surface area (Å²) in [7, 11) is 0. The van der Waals surface area contributed by atoms with Gasteiger partial charge in [0.05, 0.1) is 23.2 Å². The van der Waals surface area contributed by atoms with Crippen molar-refractivity contribution in [3.05, 3.63) is 44.7 Å². The van der Waals surface area contributed by atoms with Crippen molar-refractivity contribution >= 4 is 32.7 Å². The highest BCUT2D eigenvalue weighted by Crippen LogP contribution is 2.23. The summed E-state index contributed by atoms with van der Waals surface area (Å²) in [6, 6.07) is 6.60. The summed E-state index contributed by atoms with van der Waals surface area (Å²) in [5.74, 6) is -0.391. The number of fused-ring (bicyclic) bond motifs is 1. The van der Waals surface area contributed by atoms with Crippen LogP contribution < -0.4 is 10.9 Å². The molecule has 0 radical (unpaired) electrons. The molecule has 1 heterocycles. The van der Waals surface area contributed by atoms with Gasteiger partial charge in [-0.15, -0.1) is 0 Å². The number of rotatable bonds is 3. The minimum absolute atomic E-state index is 0.191. The van der Waals surface area contributed by atoms with E-state index in [1.54, 1.807) is 32.0 Å². The lowest BCUT2D eigenvalue weighted by atomic mass is 10.0. The van der Waals surface area contributed by atoms with Crippen molar-refractivity contribution in [1.82, 2.24) is 10.3 Å². The Morgan fingerprint density at radius 1 is 1.45 bits per heavy atom. The number of nitrogens with one attached hydrogen (secondary N) is 2. The molecule has 2 aromatic rings. The zero-order valence-electron chi connectivity index (χ0n) is 11.2. The lowest BCUT2D eigenvalue weighted by Gasteiger charge is -2.23. The van der Waals surface area contributed by atoms with Crippen LogP contribution in [0.25, 0.3) is 10.9 Å². The Morgan fingerprint density at radius 3 is 2.80 bits per heavy atom. The molecule has 5 nitrogen and oxygen atoms in total. The Kier molecular flexibility index (Phi) is 3.96. The highest BCUT2D eigenvalue weighted by Gasteiger charge is 2.22. The molecule has 0 aliphatic heterocycles. The number of aliphatic hydroxyl groups is 1. The molecule has 1 aromatic carbocycles. The van der Waals surface area contributed by atoms with Crippen molar-refractivity contribution in [1.29, 1.82) is 0 Å². The molecule has 0 saturated carbocycles. The third-order valence-corrected chi connectivity index (χ3v) is 3.58. The maximum absolute atomic E-state index is 12.3. The van der Waals surface area contributed by atoms with Crippen LogP contribution in [0.4, 0.5) is 0 Å². The quantitative estimate of drug-likeness (QED) is 0.797. The first kappa shape index (κ1) is 14.7. The van der Waals surface area contributed by atoms with Crippen LogP contribution >= 0.6 is 15.9 Å². The Bertz CT molecular complexity index is 722. The monoisotopic (exact) mass is 338 g/mol. The highest BCUT2D eigenvalue weighted by atomic mass is 79.9. The van der Waals surface area contributed by atoms with Gasteiger partial charge in [0, 0.05) is 15.9 Å². The summed E-state index contributed by atoms with van der Waals surface area (Å²) in [4.78, 5) is 26.7. The summed E-state index contributed by atoms with van der Waals surface area (Å²) in [6.07, 6.45) is 0. The molecule has 0 aliphatic carbocycles. The topological polar surface area (TPSA) is 82.2 Å². The number of hydrogen-bond acceptors (Lipinski definition) is 3. The van der Waals surface area contributed by atoms with Crippen LogP contribution in [0.15, 0.2) is 33.5 Å². The minimum atomic E-state index is -0.752. The molecule has 0 saturated heterocycles. The van der Waals surface area contributed by atoms with E-state index in [2.05, 4.69) is 26.2 Å². The van der Waals surface area contributed by atoms with Crippen LogP contribution in [-0.2, 0) is 0 Å². The van der Waals surface area contributed by atoms with Gasteiger partial charge in [0.1, 0.15) is 0 Å². The number of halogens is 1. The maximum Gasteiger partial charge on any atom is 0.252 e. The van der Waals surface area contributed by atoms with E-state index in [0.717, 1.165) is 0 Å². The third kappa shape index (κ3) is 2.91. The second-order valence-electron chi connectivity index (χ2n) is 5.21. The summed E-state index contributed by atoms with van der Waals surface area (Å²) in [5.41, 5.74) is -0.243. The third-order valence-electron chi connectivity index (χ3n) is 2.92. The number of benzene rings is 1. The number of para-hydroxylation sites is 1. The summed E-state index contributed by atoms with van der Waals surface area (Å²) in [5, 5.41) is 12.6. The van der Waals surface area contributed by atoms with Crippen molar-refractivity contribution in [2.75, 3.05) is 6.61 Å². The molecule has 0 unspecified atom stereocenters. The van der Waals surface area contributed by atoms with Crippen LogP contribution in [0.3, 0.4) is 0 Å². The molecular formula is C14H15BrN2O3. The molecule has 2 rings (SSSR count). The van der Waals surface area contributed by atoms with Gasteiger partial charge in [-0.1, -0.05) is 12.1 Å². The van der Waals surface area contributed by atoms with Gasteiger partial charge in [-0.2, -0.15) is 0 Å². The minimum Gasteiger partial charge on any atom is -0.394 e. The number of hydrogen-bond donors (Lipinski definition) is 3. The van der Waals surface area contributed by atoms with Gasteiger partial charge >= 0.3 is 0 Å². The van der Waals surface area contributed by atoms with Crippen LogP contribution in [-0.4, -0.2) is 28.1 Å². The van der Waals surface area contributed by atoms with Gasteiger partial charge in [0.2, 0.25) is 5.56 Å². The average molecular weight is 339 g/mol. The molecule has 1 aromatic heterocycles. The molecule has 1 amide bonds. The van der Waals surface area contributed by atoms with E-state index in [0.29, 0.717) is 15.4 Å². The van der Waals surface area contributed by atoms with Crippen LogP contribution in [0.5, 0.6) is 0 Å². The smallest absolute Gasteiger partial charge is 0.252 e. The van der Waals surface area contributed by atoms with Gasteiger partial charge in [-0.3, -0.25) is 9.59 Å². The maximum atomic E-state index is 12.3. The largest absolute Gasteiger partial charge is 0.394 e. The van der Waals surface area contributed by atoms with Crippen LogP contribution in [0, 0.1) is 0 Å². The molecule has 0 bridgehead atoms. The van der Waals surface area contributed by atoms with Gasteiger partial charge in [0.15, 0.2) is 0 Å². The van der Waals surface area contributed by atoms with E-state index in [4.69, 9.17) is 0 Å². The molecule has 6 heteroatoms. The van der Waals surface area contributed by atoms with Crippen LogP contribution in [0.2, 0.25) is 0 Å². The van der Waals surface area contributed by atoms with Gasteiger partial charge in [-0.05, 0) is 35.8 Å². The Morgan fingerprint density at radius 2 is 2.15 bits per heavy atom. The molecule has 0 fully saturated rings. The fourth-order valence-electron chi connectivity index (χ4n) is 1.85. The second kappa shape index (κ2) is 5.38. The number of carbonyl (C=O) groups is 1. The zero-order valence-corrected chi connectivity index (χ0v) is 12.7. The molecular weight excluding hydrogens is 324 g/mol. The van der Waals surface area contributed by atoms with Crippen LogP contribution in [0.1, 0.15) is 24.2 Å². The van der Waals surface area contributed by atoms with E-state index >= 15 is 0 Å². The summed E-state index contributed by atoms with van der Waals surface area (Å²) < 4.78 is 0.711. The van der Waals surface area contributed by atoms with E-state index in [-0.39, 0.29) is 17.7 Å². The number of pyridine rings is 1. The van der Waals surface area contributed by atoms with Gasteiger partial charge in [-0.25, -0.2) is 0 Å². The highest BCUT2D eigenvalue weighted by molar-refractivity contribution is 9.10. The van der Waals surface area contributed by atoms with Gasteiger partial charge < -0.3 is 15.4 Å². The normalized spacial score (nSPS) is 11.6. The number of aromatic nitrogens is 1. The fourth-order valence-corrected chi connectivity index (χ4v) is 2.31. The molecule has 0 atom stereocenters. The standard InChI is InChI=1S/C14H15BrN2O3/c1-14(2,7-18)17-13(20)9-6-11(19)16-12-8(9)4-3-5-10(12)15/h3-6,18H,7H2,1-2H3,(H,16,19)(H,17,20). The number of carbonyl (C=O) groups excluding carboxylic acids is 1. The SMILES string of the molecule is CC(C)(CO)NC(=O)c1cc(=O)[nH]c2c(Br)cccc12. The zero-order chi connectivity index (χ0) is 14.9. The lowest BCUT2D eigenvalue weighted by molar-refractivity contribution is 0.0871. The molecule has 0 spiro atoms. The first-order valence-electron chi connectivity index (χ1n) is 6.09. The van der Waals surface area contributed by atoms with Gasteiger partial charge in [0.25, 0.3) is 5.91 Å². The predicted octanol–water partition coefficient (Wildman–Crippen LogP) is 1.79. The van der Waals surface area contributed by atoms with E-state index in [1.165, 1.54) is 6.07 Å². The molecule has 3 N–H and O–H groups in total. The summed E-state index contributed by atoms with van der Waals surface area (Å²) >= 11 is 3.35. The second-order valence-corrected chi connectivity index (χ2v) is 6.06. The van der Waals surface area contributed by atoms with Crippen molar-refractivity contribution in [2.45, 2.75) is 19.4 Å². The number of aliphatic hydroxyl groups excluding tert-OH is 1. The van der Waals surface area contributed by atoms with E-state index in [1.807, 2.05) is 0 Å². The fraction of sp³-hybridized carbons (Fsp3) is 0.286. The Labute approximate surface area is 124 Å². The van der Waals surface area contributed by atoms with Crippen molar-refractivity contribution in [3.8, 4) is 0 Å². The van der Waals surface area contributed by atoms with Crippen molar-refractivity contribution in [2.24, 2.45) is 0 Å². The number of aromatic amines is 1. The summed E-state index contributed by atoms with van der Waals surface area (Å²) in [6.45, 7) is 3.22. The molecule has 0 aliphatic rings. The van der Waals surface area contributed by atoms with E-state index in [9.17, 15) is 14.7 Å². The Hall–Kier alpha value is -1.66. The van der Waals surface area contributed by atoms with Crippen molar-refractivity contribution in [3.63, 3.8) is 0 Å². The van der Waals surface area contributed by atoms with E-state index < -0.39 is 11.4 Å². The number of amides is 1. The average Bonchev–Trinajstić information content (AvgIpc) is 2.38. The lowest BCUT2D eigenvalue weighted by Crippen LogP contribution is -2.46. The predicted molar refractivity (Wildman–Crippen MR) is 80.9 cm³/mol.